The van der Waals surface area contributed by atoms with Crippen molar-refractivity contribution in [1.29, 1.82) is 0 Å². The van der Waals surface area contributed by atoms with E-state index in [1.807, 2.05) is 12.1 Å². The highest BCUT2D eigenvalue weighted by molar-refractivity contribution is 5.20. The van der Waals surface area contributed by atoms with E-state index in [-0.39, 0.29) is 5.82 Å². The van der Waals surface area contributed by atoms with E-state index in [4.69, 9.17) is 9.47 Å². The molecule has 0 aliphatic rings. The number of methoxy groups -OCH3 is 1. The molecule has 0 fully saturated rings. The molecule has 0 aliphatic carbocycles. The summed E-state index contributed by atoms with van der Waals surface area (Å²) in [5.74, 6) is 0.205. The van der Waals surface area contributed by atoms with E-state index >= 15 is 0 Å². The van der Waals surface area contributed by atoms with Gasteiger partial charge < -0.3 is 14.8 Å². The van der Waals surface area contributed by atoms with Crippen LogP contribution in [0, 0.1) is 5.82 Å². The Kier molecular flexibility index (Phi) is 9.22. The monoisotopic (exact) mass is 297 g/mol. The fraction of sp³-hybridized carbons (Fsp3) is 0.647. The van der Waals surface area contributed by atoms with Crippen molar-refractivity contribution in [3.05, 3.63) is 35.6 Å². The van der Waals surface area contributed by atoms with Crippen LogP contribution in [0.2, 0.25) is 0 Å². The first-order valence-electron chi connectivity index (χ1n) is 7.69. The Morgan fingerprint density at radius 2 is 1.81 bits per heavy atom. The lowest BCUT2D eigenvalue weighted by Crippen LogP contribution is -2.28. The van der Waals surface area contributed by atoms with E-state index in [0.29, 0.717) is 25.2 Å². The second-order valence-corrected chi connectivity index (χ2v) is 5.56. The summed E-state index contributed by atoms with van der Waals surface area (Å²) in [4.78, 5) is 0. The van der Waals surface area contributed by atoms with Gasteiger partial charge in [-0.25, -0.2) is 4.39 Å². The molecule has 0 heterocycles. The topological polar surface area (TPSA) is 30.5 Å². The van der Waals surface area contributed by atoms with Crippen LogP contribution in [0.1, 0.15) is 38.2 Å². The lowest BCUT2D eigenvalue weighted by molar-refractivity contribution is 0.0681. The van der Waals surface area contributed by atoms with Crippen LogP contribution in [0.4, 0.5) is 4.39 Å². The summed E-state index contributed by atoms with van der Waals surface area (Å²) in [6.07, 6.45) is 2.02. The molecule has 0 saturated carbocycles. The van der Waals surface area contributed by atoms with Crippen LogP contribution in [-0.2, 0) is 9.47 Å². The summed E-state index contributed by atoms with van der Waals surface area (Å²) in [6, 6.07) is 7.28. The van der Waals surface area contributed by atoms with Crippen LogP contribution in [0.5, 0.6) is 0 Å². The van der Waals surface area contributed by atoms with Gasteiger partial charge in [0.2, 0.25) is 0 Å². The van der Waals surface area contributed by atoms with Crippen LogP contribution < -0.4 is 5.32 Å². The second-order valence-electron chi connectivity index (χ2n) is 5.56. The summed E-state index contributed by atoms with van der Waals surface area (Å²) in [7, 11) is 1.67. The van der Waals surface area contributed by atoms with Gasteiger partial charge >= 0.3 is 0 Å². The highest BCUT2D eigenvalue weighted by atomic mass is 19.1. The fourth-order valence-corrected chi connectivity index (χ4v) is 2.18. The normalized spacial score (nSPS) is 12.8. The molecule has 0 spiro atoms. The minimum Gasteiger partial charge on any atom is -0.382 e. The molecule has 1 unspecified atom stereocenters. The van der Waals surface area contributed by atoms with Crippen molar-refractivity contribution >= 4 is 0 Å². The van der Waals surface area contributed by atoms with Crippen LogP contribution >= 0.6 is 0 Å². The van der Waals surface area contributed by atoms with Crippen molar-refractivity contribution in [2.45, 2.75) is 38.6 Å². The van der Waals surface area contributed by atoms with E-state index in [9.17, 15) is 4.39 Å². The average molecular weight is 297 g/mol. The molecule has 0 radical (unpaired) electrons. The Bertz CT molecular complexity index is 368. The first-order valence-corrected chi connectivity index (χ1v) is 7.69. The summed E-state index contributed by atoms with van der Waals surface area (Å²) in [6.45, 7) is 7.19. The van der Waals surface area contributed by atoms with Crippen LogP contribution in [-0.4, -0.2) is 39.5 Å². The molecule has 0 aromatic heterocycles. The molecule has 1 aromatic rings. The minimum absolute atomic E-state index is 0.183. The van der Waals surface area contributed by atoms with Crippen molar-refractivity contribution in [1.82, 2.24) is 5.32 Å². The maximum atomic E-state index is 13.0. The molecular weight excluding hydrogens is 269 g/mol. The largest absolute Gasteiger partial charge is 0.382 e. The molecule has 1 rings (SSSR count). The molecule has 0 aliphatic heterocycles. The zero-order valence-electron chi connectivity index (χ0n) is 13.4. The lowest BCUT2D eigenvalue weighted by Gasteiger charge is -2.20. The van der Waals surface area contributed by atoms with E-state index in [1.54, 1.807) is 7.11 Å². The zero-order valence-corrected chi connectivity index (χ0v) is 13.4. The molecule has 0 bridgehead atoms. The van der Waals surface area contributed by atoms with Crippen molar-refractivity contribution in [3.8, 4) is 0 Å². The van der Waals surface area contributed by atoms with Crippen molar-refractivity contribution < 1.29 is 13.9 Å². The second kappa shape index (κ2) is 10.7. The standard InChI is InChI=1S/C17H28FNO2/c1-14(2)19-13-16(5-4-10-21-12-11-20-3)15-6-8-17(18)9-7-15/h6-9,14,16,19H,4-5,10-13H2,1-3H3. The van der Waals surface area contributed by atoms with Gasteiger partial charge in [-0.05, 0) is 36.5 Å². The summed E-state index contributed by atoms with van der Waals surface area (Å²) in [5.41, 5.74) is 1.18. The van der Waals surface area contributed by atoms with E-state index in [2.05, 4.69) is 19.2 Å². The molecule has 1 aromatic carbocycles. The molecule has 1 atom stereocenters. The predicted octanol–water partition coefficient (Wildman–Crippen LogP) is 3.35. The van der Waals surface area contributed by atoms with Gasteiger partial charge in [-0.15, -0.1) is 0 Å². The van der Waals surface area contributed by atoms with Gasteiger partial charge in [-0.1, -0.05) is 26.0 Å². The highest BCUT2D eigenvalue weighted by Gasteiger charge is 2.12. The predicted molar refractivity (Wildman–Crippen MR) is 84.2 cm³/mol. The summed E-state index contributed by atoms with van der Waals surface area (Å²) >= 11 is 0. The number of hydrogen-bond donors (Lipinski definition) is 1. The first kappa shape index (κ1) is 18.1. The molecule has 4 heteroatoms. The number of nitrogens with one attached hydrogen (secondary N) is 1. The number of benzene rings is 1. The van der Waals surface area contributed by atoms with Gasteiger partial charge in [-0.2, -0.15) is 0 Å². The molecule has 120 valence electrons. The Morgan fingerprint density at radius 3 is 2.43 bits per heavy atom. The summed E-state index contributed by atoms with van der Waals surface area (Å²) in [5, 5.41) is 3.47. The maximum Gasteiger partial charge on any atom is 0.123 e. The quantitative estimate of drug-likeness (QED) is 0.635. The number of halogens is 1. The van der Waals surface area contributed by atoms with Crippen molar-refractivity contribution in [2.24, 2.45) is 0 Å². The molecule has 21 heavy (non-hydrogen) atoms. The Morgan fingerprint density at radius 1 is 1.10 bits per heavy atom. The maximum absolute atomic E-state index is 13.0. The number of ether oxygens (including phenoxy) is 2. The van der Waals surface area contributed by atoms with Crippen LogP contribution in [0.25, 0.3) is 0 Å². The highest BCUT2D eigenvalue weighted by Crippen LogP contribution is 2.21. The Labute approximate surface area is 127 Å². The first-order chi connectivity index (χ1) is 10.1. The smallest absolute Gasteiger partial charge is 0.123 e. The molecule has 0 amide bonds. The van der Waals surface area contributed by atoms with Gasteiger partial charge in [0.25, 0.3) is 0 Å². The van der Waals surface area contributed by atoms with E-state index in [0.717, 1.165) is 26.0 Å². The molecular formula is C17H28FNO2. The van der Waals surface area contributed by atoms with Gasteiger partial charge in [0.15, 0.2) is 0 Å². The van der Waals surface area contributed by atoms with Gasteiger partial charge in [-0.3, -0.25) is 0 Å². The van der Waals surface area contributed by atoms with Crippen LogP contribution in [0.15, 0.2) is 24.3 Å². The van der Waals surface area contributed by atoms with Crippen molar-refractivity contribution in [2.75, 3.05) is 33.5 Å². The number of rotatable bonds is 11. The zero-order chi connectivity index (χ0) is 15.5. The third kappa shape index (κ3) is 8.15. The average Bonchev–Trinajstić information content (AvgIpc) is 2.46. The SMILES string of the molecule is COCCOCCCC(CNC(C)C)c1ccc(F)cc1. The van der Waals surface area contributed by atoms with Crippen LogP contribution in [0.3, 0.4) is 0 Å². The Hall–Kier alpha value is -0.970. The van der Waals surface area contributed by atoms with Gasteiger partial charge in [0.05, 0.1) is 13.2 Å². The van der Waals surface area contributed by atoms with Crippen molar-refractivity contribution in [3.63, 3.8) is 0 Å². The minimum atomic E-state index is -0.183. The lowest BCUT2D eigenvalue weighted by atomic mass is 9.94. The third-order valence-corrected chi connectivity index (χ3v) is 3.39. The summed E-state index contributed by atoms with van der Waals surface area (Å²) < 4.78 is 23.5. The van der Waals surface area contributed by atoms with E-state index < -0.39 is 0 Å². The number of hydrogen-bond acceptors (Lipinski definition) is 3. The Balaban J connectivity index is 2.42. The fourth-order valence-electron chi connectivity index (χ4n) is 2.18. The third-order valence-electron chi connectivity index (χ3n) is 3.39. The molecule has 0 saturated heterocycles. The molecule has 3 nitrogen and oxygen atoms in total. The van der Waals surface area contributed by atoms with E-state index in [1.165, 1.54) is 17.7 Å². The molecule has 1 N–H and O–H groups in total. The van der Waals surface area contributed by atoms with Gasteiger partial charge in [0, 0.05) is 26.3 Å². The van der Waals surface area contributed by atoms with Gasteiger partial charge in [0.1, 0.15) is 5.82 Å².